The lowest BCUT2D eigenvalue weighted by atomic mass is 10.0. The molecule has 1 aromatic carbocycles. The minimum atomic E-state index is 0.0370. The Balaban J connectivity index is 1.84. The second-order valence-corrected chi connectivity index (χ2v) is 9.40. The van der Waals surface area contributed by atoms with Crippen LogP contribution >= 0.6 is 0 Å². The number of hydrogen-bond donors (Lipinski definition) is 2. The van der Waals surface area contributed by atoms with Crippen LogP contribution in [0.4, 0.5) is 11.8 Å². The van der Waals surface area contributed by atoms with Gasteiger partial charge in [-0.1, -0.05) is 38.1 Å². The standard InChI is InChI=1S/C25H34N6O2/c1-15(2)21-23-22(29-28-21)24(26-13-18-9-6-7-11-20(18)17(5)33)27-25(31(23)16(3)4)30-12-8-10-19(30)14-32/h6-7,9,11,15-16,19,26,32H,8,10,12-14H2,1-5H3. The summed E-state index contributed by atoms with van der Waals surface area (Å²) < 4.78 is 2.22. The van der Waals surface area contributed by atoms with Gasteiger partial charge in [0.25, 0.3) is 0 Å². The first-order valence-electron chi connectivity index (χ1n) is 11.8. The monoisotopic (exact) mass is 450 g/mol. The normalized spacial score (nSPS) is 16.4. The molecule has 33 heavy (non-hydrogen) atoms. The highest BCUT2D eigenvalue weighted by atomic mass is 16.3. The number of nitrogens with zero attached hydrogens (tertiary/aromatic N) is 5. The van der Waals surface area contributed by atoms with E-state index >= 15 is 0 Å². The Labute approximate surface area is 195 Å². The number of aliphatic hydroxyl groups excluding tert-OH is 1. The van der Waals surface area contributed by atoms with Crippen LogP contribution in [0.1, 0.15) is 81.0 Å². The van der Waals surface area contributed by atoms with Crippen LogP contribution in [-0.4, -0.2) is 49.8 Å². The van der Waals surface area contributed by atoms with Gasteiger partial charge < -0.3 is 19.9 Å². The Morgan fingerprint density at radius 3 is 2.64 bits per heavy atom. The maximum Gasteiger partial charge on any atom is 0.208 e. The molecule has 2 N–H and O–H groups in total. The van der Waals surface area contributed by atoms with E-state index in [0.717, 1.165) is 48.0 Å². The number of Topliss-reactive ketones (excluding diaryl/α,β-unsaturated/α-hetero) is 1. The van der Waals surface area contributed by atoms with Crippen LogP contribution in [0.2, 0.25) is 0 Å². The third-order valence-electron chi connectivity index (χ3n) is 6.37. The molecule has 1 saturated heterocycles. The minimum Gasteiger partial charge on any atom is -0.394 e. The molecule has 3 aliphatic rings. The van der Waals surface area contributed by atoms with Crippen molar-refractivity contribution in [3.8, 4) is 11.4 Å². The summed E-state index contributed by atoms with van der Waals surface area (Å²) in [4.78, 5) is 19.3. The molecule has 0 aromatic heterocycles. The number of rotatable bonds is 8. The number of carbonyl (C=O) groups excluding carboxylic acids is 1. The topological polar surface area (TPSA) is 96.2 Å². The first-order chi connectivity index (χ1) is 15.8. The summed E-state index contributed by atoms with van der Waals surface area (Å²) in [6, 6.07) is 7.81. The molecule has 0 bridgehead atoms. The highest BCUT2D eigenvalue weighted by Crippen LogP contribution is 2.40. The van der Waals surface area contributed by atoms with Crippen molar-refractivity contribution in [3.63, 3.8) is 0 Å². The number of aliphatic hydroxyl groups is 1. The van der Waals surface area contributed by atoms with Gasteiger partial charge in [-0.2, -0.15) is 10.1 Å². The van der Waals surface area contributed by atoms with Crippen molar-refractivity contribution in [2.45, 2.75) is 72.0 Å². The zero-order valence-corrected chi connectivity index (χ0v) is 20.2. The number of nitrogens with one attached hydrogen (secondary N) is 1. The van der Waals surface area contributed by atoms with E-state index in [2.05, 4.69) is 52.7 Å². The van der Waals surface area contributed by atoms with Crippen LogP contribution in [0.15, 0.2) is 24.3 Å². The fourth-order valence-corrected chi connectivity index (χ4v) is 4.71. The van der Waals surface area contributed by atoms with E-state index in [4.69, 9.17) is 4.98 Å². The zero-order valence-electron chi connectivity index (χ0n) is 20.2. The van der Waals surface area contributed by atoms with Gasteiger partial charge in [-0.25, -0.2) is 0 Å². The number of aromatic nitrogens is 4. The number of benzene rings is 1. The predicted octanol–water partition coefficient (Wildman–Crippen LogP) is 4.26. The Bertz CT molecular complexity index is 1110. The lowest BCUT2D eigenvalue weighted by Crippen LogP contribution is -2.36. The summed E-state index contributed by atoms with van der Waals surface area (Å²) in [5, 5.41) is 22.5. The summed E-state index contributed by atoms with van der Waals surface area (Å²) in [6.07, 6.45) is 1.96. The van der Waals surface area contributed by atoms with E-state index in [1.54, 1.807) is 6.92 Å². The maximum atomic E-state index is 12.1. The van der Waals surface area contributed by atoms with Gasteiger partial charge in [-0.3, -0.25) is 4.79 Å². The second kappa shape index (κ2) is 9.47. The van der Waals surface area contributed by atoms with Gasteiger partial charge in [-0.05, 0) is 45.1 Å². The van der Waals surface area contributed by atoms with Crippen LogP contribution in [-0.2, 0) is 6.54 Å². The number of carbonyl (C=O) groups is 1. The van der Waals surface area contributed by atoms with E-state index in [1.807, 2.05) is 24.3 Å². The molecule has 1 atom stereocenters. The highest BCUT2D eigenvalue weighted by Gasteiger charge is 2.33. The van der Waals surface area contributed by atoms with E-state index in [0.29, 0.717) is 17.9 Å². The van der Waals surface area contributed by atoms with Gasteiger partial charge >= 0.3 is 0 Å². The minimum absolute atomic E-state index is 0.0370. The van der Waals surface area contributed by atoms with Crippen molar-refractivity contribution in [3.05, 3.63) is 41.1 Å². The van der Waals surface area contributed by atoms with Crippen molar-refractivity contribution < 1.29 is 9.90 Å². The second-order valence-electron chi connectivity index (χ2n) is 9.40. The first-order valence-corrected chi connectivity index (χ1v) is 11.8. The van der Waals surface area contributed by atoms with Gasteiger partial charge in [0.15, 0.2) is 17.3 Å². The van der Waals surface area contributed by atoms with Crippen LogP contribution < -0.4 is 10.2 Å². The molecular formula is C25H34N6O2. The molecule has 0 spiro atoms. The fraction of sp³-hybridized carbons (Fsp3) is 0.520. The SMILES string of the molecule is CC(=O)c1ccccc1CNc1nc(N2CCCC2CO)n(C(C)C)c2c(C(C)C)nnc1-2. The molecule has 1 aromatic rings. The first kappa shape index (κ1) is 23.2. The van der Waals surface area contributed by atoms with Crippen molar-refractivity contribution in [1.82, 2.24) is 19.7 Å². The van der Waals surface area contributed by atoms with Crippen LogP contribution in [0, 0.1) is 0 Å². The molecule has 176 valence electrons. The number of hydrogen-bond acceptors (Lipinski definition) is 7. The average Bonchev–Trinajstić information content (AvgIpc) is 3.44. The van der Waals surface area contributed by atoms with Crippen molar-refractivity contribution in [2.75, 3.05) is 23.4 Å². The van der Waals surface area contributed by atoms with Crippen molar-refractivity contribution >= 4 is 17.5 Å². The Morgan fingerprint density at radius 2 is 1.97 bits per heavy atom. The molecule has 0 saturated carbocycles. The van der Waals surface area contributed by atoms with Gasteiger partial charge in [-0.15, -0.1) is 5.10 Å². The molecule has 0 radical (unpaired) electrons. The molecule has 0 aliphatic carbocycles. The maximum absolute atomic E-state index is 12.1. The van der Waals surface area contributed by atoms with E-state index in [1.165, 1.54) is 0 Å². The third kappa shape index (κ3) is 4.31. The van der Waals surface area contributed by atoms with Crippen LogP contribution in [0.25, 0.3) is 11.4 Å². The molecule has 8 heteroatoms. The van der Waals surface area contributed by atoms with E-state index in [9.17, 15) is 9.90 Å². The summed E-state index contributed by atoms with van der Waals surface area (Å²) >= 11 is 0. The lowest BCUT2D eigenvalue weighted by Gasteiger charge is -2.31. The van der Waals surface area contributed by atoms with Gasteiger partial charge in [0, 0.05) is 24.7 Å². The number of ketones is 1. The molecule has 0 amide bonds. The number of anilines is 2. The predicted molar refractivity (Wildman–Crippen MR) is 130 cm³/mol. The highest BCUT2D eigenvalue weighted by molar-refractivity contribution is 5.95. The largest absolute Gasteiger partial charge is 0.394 e. The average molecular weight is 451 g/mol. The molecule has 3 aliphatic heterocycles. The summed E-state index contributed by atoms with van der Waals surface area (Å²) in [6.45, 7) is 11.5. The zero-order chi connectivity index (χ0) is 23.7. The van der Waals surface area contributed by atoms with Gasteiger partial charge in [0.2, 0.25) is 5.95 Å². The fourth-order valence-electron chi connectivity index (χ4n) is 4.71. The lowest BCUT2D eigenvalue weighted by molar-refractivity contribution is 0.101. The third-order valence-corrected chi connectivity index (χ3v) is 6.37. The van der Waals surface area contributed by atoms with Crippen molar-refractivity contribution in [2.24, 2.45) is 0 Å². The molecule has 4 rings (SSSR count). The van der Waals surface area contributed by atoms with Gasteiger partial charge in [0.05, 0.1) is 24.0 Å². The molecule has 8 nitrogen and oxygen atoms in total. The van der Waals surface area contributed by atoms with E-state index in [-0.39, 0.29) is 30.4 Å². The Morgan fingerprint density at radius 1 is 1.21 bits per heavy atom. The summed E-state index contributed by atoms with van der Waals surface area (Å²) in [5.74, 6) is 1.72. The molecule has 1 fully saturated rings. The van der Waals surface area contributed by atoms with Crippen molar-refractivity contribution in [1.29, 1.82) is 0 Å². The quantitative estimate of drug-likeness (QED) is 0.495. The Hall–Kier alpha value is -3.00. The summed E-state index contributed by atoms with van der Waals surface area (Å²) in [7, 11) is 0. The molecule has 3 heterocycles. The Kier molecular flexibility index (Phi) is 6.65. The van der Waals surface area contributed by atoms with Crippen LogP contribution in [0.3, 0.4) is 0 Å². The molecular weight excluding hydrogens is 416 g/mol. The van der Waals surface area contributed by atoms with E-state index < -0.39 is 0 Å². The summed E-state index contributed by atoms with van der Waals surface area (Å²) in [5.41, 5.74) is 4.27. The van der Waals surface area contributed by atoms with Crippen LogP contribution in [0.5, 0.6) is 0 Å². The van der Waals surface area contributed by atoms with Gasteiger partial charge in [0.1, 0.15) is 0 Å². The molecule has 1 unspecified atom stereocenters. The number of fused-ring (bicyclic) bond motifs is 1. The smallest absolute Gasteiger partial charge is 0.208 e.